The van der Waals surface area contributed by atoms with Gasteiger partial charge in [0.05, 0.1) is 0 Å². The number of imidazole rings is 1. The van der Waals surface area contributed by atoms with Crippen LogP contribution in [0, 0.1) is 0 Å². The number of aryl methyl sites for hydroxylation is 1. The number of piperidine rings is 1. The van der Waals surface area contributed by atoms with E-state index < -0.39 is 0 Å². The summed E-state index contributed by atoms with van der Waals surface area (Å²) in [4.78, 5) is 6.86. The van der Waals surface area contributed by atoms with Crippen molar-refractivity contribution in [3.8, 4) is 0 Å². The van der Waals surface area contributed by atoms with E-state index in [9.17, 15) is 0 Å². The van der Waals surface area contributed by atoms with Gasteiger partial charge in [0.2, 0.25) is 5.95 Å². The molecule has 0 aliphatic carbocycles. The second kappa shape index (κ2) is 5.34. The first-order chi connectivity index (χ1) is 7.83. The van der Waals surface area contributed by atoms with Gasteiger partial charge in [-0.15, -0.1) is 0 Å². The smallest absolute Gasteiger partial charge is 0.202 e. The molecule has 4 heteroatoms. The van der Waals surface area contributed by atoms with Crippen LogP contribution in [0.15, 0.2) is 12.4 Å². The van der Waals surface area contributed by atoms with Crippen LogP contribution in [-0.2, 0) is 6.54 Å². The average Bonchev–Trinajstić information content (AvgIpc) is 2.77. The molecule has 0 atom stereocenters. The van der Waals surface area contributed by atoms with Gasteiger partial charge in [0, 0.05) is 38.1 Å². The molecule has 2 rings (SSSR count). The molecule has 0 amide bonds. The SMILES string of the molecule is CCN1CCC(Nc2nccn2CC)CC1. The number of hydrogen-bond acceptors (Lipinski definition) is 3. The van der Waals surface area contributed by atoms with Gasteiger partial charge in [0.1, 0.15) is 0 Å². The van der Waals surface area contributed by atoms with Gasteiger partial charge in [0.15, 0.2) is 0 Å². The lowest BCUT2D eigenvalue weighted by Crippen LogP contribution is -2.39. The average molecular weight is 222 g/mol. The Balaban J connectivity index is 1.87. The summed E-state index contributed by atoms with van der Waals surface area (Å²) in [6.45, 7) is 8.96. The van der Waals surface area contributed by atoms with Crippen molar-refractivity contribution in [2.24, 2.45) is 0 Å². The number of aromatic nitrogens is 2. The number of nitrogens with one attached hydrogen (secondary N) is 1. The Kier molecular flexibility index (Phi) is 3.83. The zero-order valence-electron chi connectivity index (χ0n) is 10.3. The summed E-state index contributed by atoms with van der Waals surface area (Å²) in [7, 11) is 0. The lowest BCUT2D eigenvalue weighted by Gasteiger charge is -2.31. The fraction of sp³-hybridized carbons (Fsp3) is 0.750. The third kappa shape index (κ3) is 2.55. The Morgan fingerprint density at radius 2 is 2.06 bits per heavy atom. The zero-order valence-corrected chi connectivity index (χ0v) is 10.3. The first kappa shape index (κ1) is 11.5. The van der Waals surface area contributed by atoms with E-state index in [-0.39, 0.29) is 0 Å². The molecular formula is C12H22N4. The Morgan fingerprint density at radius 3 is 2.69 bits per heavy atom. The van der Waals surface area contributed by atoms with Gasteiger partial charge in [-0.3, -0.25) is 0 Å². The van der Waals surface area contributed by atoms with Crippen LogP contribution in [0.2, 0.25) is 0 Å². The summed E-state index contributed by atoms with van der Waals surface area (Å²) in [6.07, 6.45) is 6.35. The van der Waals surface area contributed by atoms with Crippen LogP contribution in [0.25, 0.3) is 0 Å². The van der Waals surface area contributed by atoms with E-state index in [0.717, 1.165) is 12.5 Å². The molecule has 1 aromatic heterocycles. The monoisotopic (exact) mass is 222 g/mol. The number of anilines is 1. The maximum atomic E-state index is 4.36. The van der Waals surface area contributed by atoms with E-state index in [2.05, 4.69) is 33.6 Å². The molecule has 1 fully saturated rings. The summed E-state index contributed by atoms with van der Waals surface area (Å²) in [6, 6.07) is 0.593. The Labute approximate surface area is 97.7 Å². The molecule has 1 saturated heterocycles. The second-order valence-electron chi connectivity index (χ2n) is 4.39. The maximum Gasteiger partial charge on any atom is 0.202 e. The molecule has 2 heterocycles. The van der Waals surface area contributed by atoms with Crippen LogP contribution in [0.1, 0.15) is 26.7 Å². The molecule has 1 N–H and O–H groups in total. The van der Waals surface area contributed by atoms with Crippen molar-refractivity contribution >= 4 is 5.95 Å². The van der Waals surface area contributed by atoms with Crippen molar-refractivity contribution in [3.05, 3.63) is 12.4 Å². The van der Waals surface area contributed by atoms with E-state index in [4.69, 9.17) is 0 Å². The molecule has 16 heavy (non-hydrogen) atoms. The van der Waals surface area contributed by atoms with E-state index in [1.807, 2.05) is 12.4 Å². The fourth-order valence-electron chi connectivity index (χ4n) is 2.28. The van der Waals surface area contributed by atoms with Gasteiger partial charge in [-0.25, -0.2) is 4.98 Å². The highest BCUT2D eigenvalue weighted by Crippen LogP contribution is 2.15. The third-order valence-electron chi connectivity index (χ3n) is 3.42. The van der Waals surface area contributed by atoms with Gasteiger partial charge in [-0.05, 0) is 26.3 Å². The predicted molar refractivity (Wildman–Crippen MR) is 66.7 cm³/mol. The van der Waals surface area contributed by atoms with Crippen LogP contribution in [-0.4, -0.2) is 40.1 Å². The van der Waals surface area contributed by atoms with E-state index in [1.165, 1.54) is 32.5 Å². The van der Waals surface area contributed by atoms with Crippen LogP contribution in [0.5, 0.6) is 0 Å². The fourth-order valence-corrected chi connectivity index (χ4v) is 2.28. The number of nitrogens with zero attached hydrogens (tertiary/aromatic N) is 3. The predicted octanol–water partition coefficient (Wildman–Crippen LogP) is 1.80. The lowest BCUT2D eigenvalue weighted by atomic mass is 10.1. The molecule has 1 aliphatic rings. The number of rotatable bonds is 4. The highest BCUT2D eigenvalue weighted by molar-refractivity contribution is 5.27. The van der Waals surface area contributed by atoms with Gasteiger partial charge >= 0.3 is 0 Å². The van der Waals surface area contributed by atoms with Gasteiger partial charge in [-0.2, -0.15) is 0 Å². The Bertz CT molecular complexity index is 313. The molecule has 0 radical (unpaired) electrons. The van der Waals surface area contributed by atoms with E-state index in [1.54, 1.807) is 0 Å². The molecule has 0 unspecified atom stereocenters. The van der Waals surface area contributed by atoms with Crippen molar-refractivity contribution in [2.75, 3.05) is 25.0 Å². The molecule has 1 aromatic rings. The minimum Gasteiger partial charge on any atom is -0.353 e. The molecule has 90 valence electrons. The summed E-state index contributed by atoms with van der Waals surface area (Å²) < 4.78 is 2.16. The van der Waals surface area contributed by atoms with Gasteiger partial charge < -0.3 is 14.8 Å². The van der Waals surface area contributed by atoms with Crippen LogP contribution >= 0.6 is 0 Å². The summed E-state index contributed by atoms with van der Waals surface area (Å²) in [5, 5.41) is 3.55. The van der Waals surface area contributed by atoms with Crippen molar-refractivity contribution in [2.45, 2.75) is 39.3 Å². The Morgan fingerprint density at radius 1 is 1.31 bits per heavy atom. The largest absolute Gasteiger partial charge is 0.353 e. The number of likely N-dealkylation sites (tertiary alicyclic amines) is 1. The van der Waals surface area contributed by atoms with Crippen molar-refractivity contribution in [1.29, 1.82) is 0 Å². The molecule has 0 aromatic carbocycles. The van der Waals surface area contributed by atoms with Crippen molar-refractivity contribution < 1.29 is 0 Å². The molecule has 4 nitrogen and oxygen atoms in total. The van der Waals surface area contributed by atoms with E-state index in [0.29, 0.717) is 6.04 Å². The minimum atomic E-state index is 0.593. The summed E-state index contributed by atoms with van der Waals surface area (Å²) >= 11 is 0. The first-order valence-electron chi connectivity index (χ1n) is 6.33. The second-order valence-corrected chi connectivity index (χ2v) is 4.39. The minimum absolute atomic E-state index is 0.593. The lowest BCUT2D eigenvalue weighted by molar-refractivity contribution is 0.229. The summed E-state index contributed by atoms with van der Waals surface area (Å²) in [5.74, 6) is 1.03. The first-order valence-corrected chi connectivity index (χ1v) is 6.33. The van der Waals surface area contributed by atoms with E-state index >= 15 is 0 Å². The van der Waals surface area contributed by atoms with Gasteiger partial charge in [0.25, 0.3) is 0 Å². The van der Waals surface area contributed by atoms with Crippen LogP contribution in [0.4, 0.5) is 5.95 Å². The van der Waals surface area contributed by atoms with Crippen LogP contribution < -0.4 is 5.32 Å². The third-order valence-corrected chi connectivity index (χ3v) is 3.42. The van der Waals surface area contributed by atoms with Crippen molar-refractivity contribution in [3.63, 3.8) is 0 Å². The highest BCUT2D eigenvalue weighted by Gasteiger charge is 2.18. The van der Waals surface area contributed by atoms with Gasteiger partial charge in [-0.1, -0.05) is 6.92 Å². The summed E-state index contributed by atoms with van der Waals surface area (Å²) in [5.41, 5.74) is 0. The molecule has 0 saturated carbocycles. The normalized spacial score (nSPS) is 18.9. The quantitative estimate of drug-likeness (QED) is 0.843. The standard InChI is InChI=1S/C12H22N4/c1-3-15-8-5-11(6-9-15)14-12-13-7-10-16(12)4-2/h7,10-11H,3-6,8-9H2,1-2H3,(H,13,14). The Hall–Kier alpha value is -1.03. The number of hydrogen-bond donors (Lipinski definition) is 1. The highest BCUT2D eigenvalue weighted by atomic mass is 15.2. The van der Waals surface area contributed by atoms with Crippen LogP contribution in [0.3, 0.4) is 0 Å². The molecule has 0 spiro atoms. The van der Waals surface area contributed by atoms with Crippen molar-refractivity contribution in [1.82, 2.24) is 14.5 Å². The zero-order chi connectivity index (χ0) is 11.4. The maximum absolute atomic E-state index is 4.36. The molecular weight excluding hydrogens is 200 g/mol. The molecule has 1 aliphatic heterocycles. The topological polar surface area (TPSA) is 33.1 Å². The molecule has 0 bridgehead atoms.